The van der Waals surface area contributed by atoms with Crippen molar-refractivity contribution in [2.75, 3.05) is 13.1 Å². The van der Waals surface area contributed by atoms with E-state index in [2.05, 4.69) is 5.32 Å². The number of nitrogens with zero attached hydrogens (tertiary/aromatic N) is 1. The maximum Gasteiger partial charge on any atom is 0.261 e. The summed E-state index contributed by atoms with van der Waals surface area (Å²) in [6, 6.07) is 3.75. The van der Waals surface area contributed by atoms with E-state index in [9.17, 15) is 9.59 Å². The standard InChI is InChI=1S/C16H18N2O3S/c1-11-5-9-22-14(11)15(19)17-13-2-6-18(7-3-13)16(20)12-4-8-21-10-12/h4-5,8-10,13H,2-3,6-7H2,1H3,(H,17,19). The molecular weight excluding hydrogens is 300 g/mol. The minimum Gasteiger partial charge on any atom is -0.472 e. The Kier molecular flexibility index (Phi) is 4.29. The third-order valence-electron chi connectivity index (χ3n) is 3.95. The highest BCUT2D eigenvalue weighted by Crippen LogP contribution is 2.18. The SMILES string of the molecule is Cc1ccsc1C(=O)NC1CCN(C(=O)c2ccoc2)CC1. The van der Waals surface area contributed by atoms with E-state index in [1.807, 2.05) is 23.3 Å². The van der Waals surface area contributed by atoms with E-state index in [0.29, 0.717) is 18.7 Å². The normalized spacial score (nSPS) is 15.8. The van der Waals surface area contributed by atoms with Gasteiger partial charge >= 0.3 is 0 Å². The Labute approximate surface area is 132 Å². The predicted octanol–water partition coefficient (Wildman–Crippen LogP) is 2.68. The van der Waals surface area contributed by atoms with Crippen LogP contribution in [0.4, 0.5) is 0 Å². The van der Waals surface area contributed by atoms with Crippen LogP contribution in [0.3, 0.4) is 0 Å². The van der Waals surface area contributed by atoms with E-state index in [-0.39, 0.29) is 17.9 Å². The van der Waals surface area contributed by atoms with Crippen molar-refractivity contribution in [1.29, 1.82) is 0 Å². The third kappa shape index (κ3) is 3.06. The Balaban J connectivity index is 1.53. The molecule has 2 amide bonds. The summed E-state index contributed by atoms with van der Waals surface area (Å²) in [5, 5.41) is 5.00. The van der Waals surface area contributed by atoms with Crippen molar-refractivity contribution in [3.05, 3.63) is 46.0 Å². The molecule has 0 unspecified atom stereocenters. The molecule has 1 fully saturated rings. The summed E-state index contributed by atoms with van der Waals surface area (Å²) in [4.78, 5) is 27.0. The number of aryl methyl sites for hydroxylation is 1. The van der Waals surface area contributed by atoms with Crippen LogP contribution in [0.1, 0.15) is 38.4 Å². The molecule has 0 saturated carbocycles. The molecule has 3 heterocycles. The van der Waals surface area contributed by atoms with Crippen LogP contribution in [-0.2, 0) is 0 Å². The number of piperidine rings is 1. The highest BCUT2D eigenvalue weighted by Gasteiger charge is 2.25. The fourth-order valence-electron chi connectivity index (χ4n) is 2.65. The number of amides is 2. The minimum atomic E-state index is -0.00730. The first kappa shape index (κ1) is 14.8. The van der Waals surface area contributed by atoms with E-state index in [1.54, 1.807) is 6.07 Å². The summed E-state index contributed by atoms with van der Waals surface area (Å²) in [6.45, 7) is 3.24. The van der Waals surface area contributed by atoms with E-state index < -0.39 is 0 Å². The topological polar surface area (TPSA) is 62.6 Å². The molecule has 0 spiro atoms. The van der Waals surface area contributed by atoms with Gasteiger partial charge in [0.1, 0.15) is 6.26 Å². The van der Waals surface area contributed by atoms with Gasteiger partial charge in [-0.3, -0.25) is 9.59 Å². The molecule has 0 aliphatic carbocycles. The Morgan fingerprint density at radius 2 is 2.09 bits per heavy atom. The Morgan fingerprint density at radius 1 is 1.32 bits per heavy atom. The van der Waals surface area contributed by atoms with Gasteiger partial charge in [0.25, 0.3) is 11.8 Å². The van der Waals surface area contributed by atoms with Gasteiger partial charge in [-0.15, -0.1) is 11.3 Å². The second-order valence-corrected chi connectivity index (χ2v) is 6.40. The first-order valence-electron chi connectivity index (χ1n) is 7.31. The van der Waals surface area contributed by atoms with Crippen molar-refractivity contribution < 1.29 is 14.0 Å². The zero-order valence-corrected chi connectivity index (χ0v) is 13.2. The van der Waals surface area contributed by atoms with Crippen molar-refractivity contribution in [1.82, 2.24) is 10.2 Å². The van der Waals surface area contributed by atoms with Gasteiger partial charge in [-0.05, 0) is 42.8 Å². The molecule has 0 bridgehead atoms. The van der Waals surface area contributed by atoms with Crippen molar-refractivity contribution in [2.24, 2.45) is 0 Å². The molecular formula is C16H18N2O3S. The van der Waals surface area contributed by atoms with Crippen molar-refractivity contribution in [3.8, 4) is 0 Å². The molecule has 5 nitrogen and oxygen atoms in total. The van der Waals surface area contributed by atoms with Gasteiger partial charge in [0, 0.05) is 19.1 Å². The molecule has 3 rings (SSSR count). The van der Waals surface area contributed by atoms with Gasteiger partial charge < -0.3 is 14.6 Å². The molecule has 22 heavy (non-hydrogen) atoms. The van der Waals surface area contributed by atoms with Crippen LogP contribution in [-0.4, -0.2) is 35.8 Å². The van der Waals surface area contributed by atoms with Crippen LogP contribution < -0.4 is 5.32 Å². The minimum absolute atomic E-state index is 0.00683. The maximum atomic E-state index is 12.2. The van der Waals surface area contributed by atoms with Crippen LogP contribution in [0, 0.1) is 6.92 Å². The van der Waals surface area contributed by atoms with Crippen LogP contribution in [0.15, 0.2) is 34.5 Å². The summed E-state index contributed by atoms with van der Waals surface area (Å²) in [7, 11) is 0. The van der Waals surface area contributed by atoms with Crippen molar-refractivity contribution in [2.45, 2.75) is 25.8 Å². The summed E-state index contributed by atoms with van der Waals surface area (Å²) < 4.78 is 4.95. The molecule has 1 aliphatic rings. The smallest absolute Gasteiger partial charge is 0.261 e. The second kappa shape index (κ2) is 6.36. The Morgan fingerprint density at radius 3 is 2.68 bits per heavy atom. The highest BCUT2D eigenvalue weighted by atomic mass is 32.1. The lowest BCUT2D eigenvalue weighted by Gasteiger charge is -2.32. The molecule has 116 valence electrons. The first-order valence-corrected chi connectivity index (χ1v) is 8.19. The van der Waals surface area contributed by atoms with Crippen LogP contribution in [0.25, 0.3) is 0 Å². The number of rotatable bonds is 3. The van der Waals surface area contributed by atoms with Crippen molar-refractivity contribution >= 4 is 23.2 Å². The quantitative estimate of drug-likeness (QED) is 0.946. The van der Waals surface area contributed by atoms with Crippen LogP contribution in [0.5, 0.6) is 0 Å². The molecule has 1 N–H and O–H groups in total. The number of hydrogen-bond donors (Lipinski definition) is 1. The highest BCUT2D eigenvalue weighted by molar-refractivity contribution is 7.12. The number of thiophene rings is 1. The lowest BCUT2D eigenvalue weighted by Crippen LogP contribution is -2.46. The van der Waals surface area contributed by atoms with Crippen LogP contribution >= 0.6 is 11.3 Å². The van der Waals surface area contributed by atoms with Gasteiger partial charge in [-0.25, -0.2) is 0 Å². The molecule has 0 radical (unpaired) electrons. The lowest BCUT2D eigenvalue weighted by atomic mass is 10.0. The molecule has 1 saturated heterocycles. The summed E-state index contributed by atoms with van der Waals surface area (Å²) >= 11 is 1.46. The zero-order chi connectivity index (χ0) is 15.5. The zero-order valence-electron chi connectivity index (χ0n) is 12.4. The van der Waals surface area contributed by atoms with Gasteiger partial charge in [0.15, 0.2) is 0 Å². The first-order chi connectivity index (χ1) is 10.6. The fraction of sp³-hybridized carbons (Fsp3) is 0.375. The Bertz CT molecular complexity index is 655. The second-order valence-electron chi connectivity index (χ2n) is 5.48. The third-order valence-corrected chi connectivity index (χ3v) is 4.97. The van der Waals surface area contributed by atoms with Crippen LogP contribution in [0.2, 0.25) is 0 Å². The van der Waals surface area contributed by atoms with E-state index in [0.717, 1.165) is 23.3 Å². The fourth-order valence-corrected chi connectivity index (χ4v) is 3.48. The molecule has 0 atom stereocenters. The molecule has 6 heteroatoms. The van der Waals surface area contributed by atoms with Crippen molar-refractivity contribution in [3.63, 3.8) is 0 Å². The van der Waals surface area contributed by atoms with Gasteiger partial charge in [-0.2, -0.15) is 0 Å². The van der Waals surface area contributed by atoms with Gasteiger partial charge in [0.2, 0.25) is 0 Å². The summed E-state index contributed by atoms with van der Waals surface area (Å²) in [6.07, 6.45) is 4.53. The summed E-state index contributed by atoms with van der Waals surface area (Å²) in [5.74, 6) is -0.0141. The molecule has 2 aromatic heterocycles. The monoisotopic (exact) mass is 318 g/mol. The van der Waals surface area contributed by atoms with Gasteiger partial charge in [0.05, 0.1) is 16.7 Å². The number of furan rings is 1. The molecule has 1 aliphatic heterocycles. The average molecular weight is 318 g/mol. The Hall–Kier alpha value is -2.08. The van der Waals surface area contributed by atoms with E-state index in [4.69, 9.17) is 4.42 Å². The molecule has 2 aromatic rings. The lowest BCUT2D eigenvalue weighted by molar-refractivity contribution is 0.0697. The predicted molar refractivity (Wildman–Crippen MR) is 84.2 cm³/mol. The number of hydrogen-bond acceptors (Lipinski definition) is 4. The largest absolute Gasteiger partial charge is 0.472 e. The summed E-state index contributed by atoms with van der Waals surface area (Å²) in [5.41, 5.74) is 1.59. The van der Waals surface area contributed by atoms with E-state index >= 15 is 0 Å². The number of carbonyl (C=O) groups excluding carboxylic acids is 2. The number of likely N-dealkylation sites (tertiary alicyclic amines) is 1. The van der Waals surface area contributed by atoms with E-state index in [1.165, 1.54) is 23.9 Å². The van der Waals surface area contributed by atoms with Gasteiger partial charge in [-0.1, -0.05) is 0 Å². The average Bonchev–Trinajstić information content (AvgIpc) is 3.18. The number of carbonyl (C=O) groups is 2. The molecule has 0 aromatic carbocycles. The maximum absolute atomic E-state index is 12.2. The number of nitrogens with one attached hydrogen (secondary N) is 1.